The zero-order chi connectivity index (χ0) is 9.90. The Bertz CT molecular complexity index is 179. The van der Waals surface area contributed by atoms with E-state index in [9.17, 15) is 0 Å². The van der Waals surface area contributed by atoms with E-state index in [4.69, 9.17) is 0 Å². The van der Waals surface area contributed by atoms with E-state index in [1.54, 1.807) is 0 Å². The van der Waals surface area contributed by atoms with Crippen molar-refractivity contribution in [3.63, 3.8) is 0 Å². The first-order valence-corrected chi connectivity index (χ1v) is 7.94. The summed E-state index contributed by atoms with van der Waals surface area (Å²) in [4.78, 5) is 0. The Labute approximate surface area is 83.9 Å². The Balaban J connectivity index is 2.80. The molecule has 1 fully saturated rings. The van der Waals surface area contributed by atoms with E-state index in [0.29, 0.717) is 0 Å². The van der Waals surface area contributed by atoms with Crippen LogP contribution < -0.4 is 0 Å². The summed E-state index contributed by atoms with van der Waals surface area (Å²) in [5, 5.41) is 1.49. The monoisotopic (exact) mass is 197 g/mol. The topological polar surface area (TPSA) is 3.24 Å². The first-order chi connectivity index (χ1) is 6.17. The minimum absolute atomic E-state index is 1.25. The van der Waals surface area contributed by atoms with Crippen molar-refractivity contribution in [2.75, 3.05) is 13.1 Å². The molecule has 1 aliphatic rings. The van der Waals surface area contributed by atoms with E-state index in [1.807, 2.05) is 0 Å². The van der Waals surface area contributed by atoms with Gasteiger partial charge in [-0.15, -0.1) is 6.58 Å². The van der Waals surface area contributed by atoms with E-state index in [-0.39, 0.29) is 0 Å². The Kier molecular flexibility index (Phi) is 3.74. The minimum atomic E-state index is -1.25. The summed E-state index contributed by atoms with van der Waals surface area (Å²) in [6.07, 6.45) is 2.81. The molecule has 0 atom stereocenters. The van der Waals surface area contributed by atoms with E-state index >= 15 is 0 Å². The van der Waals surface area contributed by atoms with Gasteiger partial charge in [-0.1, -0.05) is 19.0 Å². The van der Waals surface area contributed by atoms with Gasteiger partial charge in [-0.05, 0) is 44.9 Å². The predicted molar refractivity (Wildman–Crippen MR) is 62.3 cm³/mol. The zero-order valence-corrected chi connectivity index (χ0v) is 10.4. The highest BCUT2D eigenvalue weighted by Gasteiger charge is 2.38. The second kappa shape index (κ2) is 4.42. The van der Waals surface area contributed by atoms with Crippen molar-refractivity contribution in [2.45, 2.75) is 45.7 Å². The molecule has 2 heteroatoms. The third kappa shape index (κ3) is 1.89. The van der Waals surface area contributed by atoms with Gasteiger partial charge in [0.25, 0.3) is 0 Å². The summed E-state index contributed by atoms with van der Waals surface area (Å²) < 4.78 is 2.77. The average Bonchev–Trinajstić information content (AvgIpc) is 2.60. The van der Waals surface area contributed by atoms with Gasteiger partial charge in [-0.3, -0.25) is 0 Å². The lowest BCUT2D eigenvalue weighted by Crippen LogP contribution is -2.52. The molecule has 0 spiro atoms. The maximum absolute atomic E-state index is 4.23. The largest absolute Gasteiger partial charge is 0.320 e. The van der Waals surface area contributed by atoms with Gasteiger partial charge in [0.2, 0.25) is 0 Å². The van der Waals surface area contributed by atoms with Crippen molar-refractivity contribution < 1.29 is 0 Å². The summed E-state index contributed by atoms with van der Waals surface area (Å²) in [6, 6.07) is 2.69. The number of rotatable bonds is 4. The predicted octanol–water partition coefficient (Wildman–Crippen LogP) is 3.18. The van der Waals surface area contributed by atoms with Gasteiger partial charge in [0.15, 0.2) is 8.24 Å². The SMILES string of the molecule is C=C(C)[Si](CC)(CC)N1CCCC1. The highest BCUT2D eigenvalue weighted by molar-refractivity contribution is 6.83. The van der Waals surface area contributed by atoms with E-state index in [1.165, 1.54) is 43.2 Å². The molecule has 0 radical (unpaired) electrons. The molecule has 0 amide bonds. The molecular formula is C11H23NSi. The Hall–Kier alpha value is -0.0831. The molecule has 0 N–H and O–H groups in total. The molecule has 0 aromatic heterocycles. The normalized spacial score (nSPS) is 19.3. The van der Waals surface area contributed by atoms with Crippen LogP contribution in [0.15, 0.2) is 11.8 Å². The van der Waals surface area contributed by atoms with Crippen LogP contribution in [0.5, 0.6) is 0 Å². The maximum atomic E-state index is 4.23. The Morgan fingerprint density at radius 1 is 1.23 bits per heavy atom. The van der Waals surface area contributed by atoms with Crippen LogP contribution in [0, 0.1) is 0 Å². The molecule has 0 saturated carbocycles. The highest BCUT2D eigenvalue weighted by atomic mass is 28.3. The van der Waals surface area contributed by atoms with Gasteiger partial charge in [0.05, 0.1) is 0 Å². The van der Waals surface area contributed by atoms with Gasteiger partial charge in [0, 0.05) is 0 Å². The van der Waals surface area contributed by atoms with Crippen LogP contribution in [-0.4, -0.2) is 25.9 Å². The number of hydrogen-bond donors (Lipinski definition) is 0. The molecule has 1 saturated heterocycles. The molecule has 0 aromatic rings. The summed E-state index contributed by atoms with van der Waals surface area (Å²) >= 11 is 0. The van der Waals surface area contributed by atoms with Gasteiger partial charge in [0.1, 0.15) is 0 Å². The van der Waals surface area contributed by atoms with Crippen LogP contribution in [0.2, 0.25) is 12.1 Å². The van der Waals surface area contributed by atoms with Crippen LogP contribution in [0.4, 0.5) is 0 Å². The quantitative estimate of drug-likeness (QED) is 0.626. The standard InChI is InChI=1S/C11H23NSi/c1-5-13(6-2,11(3)4)12-9-7-8-10-12/h3,5-10H2,1-2,4H3. The second-order valence-corrected chi connectivity index (χ2v) is 9.18. The highest BCUT2D eigenvalue weighted by Crippen LogP contribution is 2.30. The molecule has 0 aromatic carbocycles. The van der Waals surface area contributed by atoms with Crippen molar-refractivity contribution in [3.05, 3.63) is 11.8 Å². The maximum Gasteiger partial charge on any atom is 0.154 e. The molecule has 0 bridgehead atoms. The average molecular weight is 197 g/mol. The fourth-order valence-electron chi connectivity index (χ4n) is 2.72. The van der Waals surface area contributed by atoms with Gasteiger partial charge in [-0.25, -0.2) is 0 Å². The van der Waals surface area contributed by atoms with Crippen LogP contribution in [0.1, 0.15) is 33.6 Å². The lowest BCUT2D eigenvalue weighted by molar-refractivity contribution is 0.514. The molecular weight excluding hydrogens is 174 g/mol. The van der Waals surface area contributed by atoms with E-state index in [2.05, 4.69) is 31.9 Å². The molecule has 76 valence electrons. The molecule has 0 unspecified atom stereocenters. The summed E-state index contributed by atoms with van der Waals surface area (Å²) in [7, 11) is -1.25. The number of allylic oxidation sites excluding steroid dienone is 1. The molecule has 0 aliphatic carbocycles. The van der Waals surface area contributed by atoms with E-state index < -0.39 is 8.24 Å². The minimum Gasteiger partial charge on any atom is -0.320 e. The van der Waals surface area contributed by atoms with Crippen LogP contribution >= 0.6 is 0 Å². The Morgan fingerprint density at radius 2 is 1.69 bits per heavy atom. The second-order valence-electron chi connectivity index (χ2n) is 4.21. The molecule has 1 nitrogen and oxygen atoms in total. The zero-order valence-electron chi connectivity index (χ0n) is 9.40. The van der Waals surface area contributed by atoms with Crippen molar-refractivity contribution in [1.82, 2.24) is 4.57 Å². The van der Waals surface area contributed by atoms with Gasteiger partial charge < -0.3 is 4.57 Å². The first-order valence-electron chi connectivity index (χ1n) is 5.58. The third-order valence-corrected chi connectivity index (χ3v) is 9.26. The van der Waals surface area contributed by atoms with Crippen LogP contribution in [0.3, 0.4) is 0 Å². The Morgan fingerprint density at radius 3 is 2.00 bits per heavy atom. The van der Waals surface area contributed by atoms with Crippen molar-refractivity contribution in [3.8, 4) is 0 Å². The smallest absolute Gasteiger partial charge is 0.154 e. The first kappa shape index (κ1) is 11.0. The number of nitrogens with zero attached hydrogens (tertiary/aromatic N) is 1. The molecule has 1 rings (SSSR count). The number of hydrogen-bond acceptors (Lipinski definition) is 1. The molecule has 13 heavy (non-hydrogen) atoms. The van der Waals surface area contributed by atoms with Crippen molar-refractivity contribution in [2.24, 2.45) is 0 Å². The van der Waals surface area contributed by atoms with Crippen molar-refractivity contribution in [1.29, 1.82) is 0 Å². The summed E-state index contributed by atoms with van der Waals surface area (Å²) in [5.41, 5.74) is 0. The van der Waals surface area contributed by atoms with E-state index in [0.717, 1.165) is 0 Å². The van der Waals surface area contributed by atoms with Crippen LogP contribution in [-0.2, 0) is 0 Å². The lowest BCUT2D eigenvalue weighted by atomic mass is 10.4. The van der Waals surface area contributed by atoms with Gasteiger partial charge in [-0.2, -0.15) is 0 Å². The summed E-state index contributed by atoms with van der Waals surface area (Å²) in [6.45, 7) is 13.8. The lowest BCUT2D eigenvalue weighted by Gasteiger charge is -2.39. The van der Waals surface area contributed by atoms with Crippen molar-refractivity contribution >= 4 is 8.24 Å². The fraction of sp³-hybridized carbons (Fsp3) is 0.818. The van der Waals surface area contributed by atoms with Crippen LogP contribution in [0.25, 0.3) is 0 Å². The molecule has 1 aliphatic heterocycles. The molecule has 1 heterocycles. The summed E-state index contributed by atoms with van der Waals surface area (Å²) in [5.74, 6) is 0. The fourth-order valence-corrected chi connectivity index (χ4v) is 7.03. The van der Waals surface area contributed by atoms with Gasteiger partial charge >= 0.3 is 0 Å². The third-order valence-electron chi connectivity index (χ3n) is 3.68.